The molecule has 116 valence electrons. The summed E-state index contributed by atoms with van der Waals surface area (Å²) in [6.45, 7) is 11.3. The van der Waals surface area contributed by atoms with E-state index in [-0.39, 0.29) is 0 Å². The Kier molecular flexibility index (Phi) is 5.04. The predicted molar refractivity (Wildman–Crippen MR) is 88.6 cm³/mol. The molecule has 21 heavy (non-hydrogen) atoms. The molecule has 3 rings (SSSR count). The highest BCUT2D eigenvalue weighted by molar-refractivity contribution is 6.30. The molecule has 1 aromatic rings. The van der Waals surface area contributed by atoms with E-state index in [0.717, 1.165) is 11.1 Å². The molecule has 2 fully saturated rings. The molecule has 1 aromatic carbocycles. The topological polar surface area (TPSA) is 12.1 Å². The Hall–Kier alpha value is -0.770. The maximum absolute atomic E-state index is 5.97. The summed E-state index contributed by atoms with van der Waals surface area (Å²) in [7, 11) is 0. The number of hydrogen-bond acceptors (Lipinski definition) is 1. The second-order valence-corrected chi connectivity index (χ2v) is 6.94. The number of nitrogens with zero attached hydrogens (tertiary/aromatic N) is 1. The van der Waals surface area contributed by atoms with Gasteiger partial charge in [-0.05, 0) is 31.2 Å². The van der Waals surface area contributed by atoms with Crippen molar-refractivity contribution in [1.29, 1.82) is 0 Å². The number of benzene rings is 1. The number of halogens is 1. The maximum atomic E-state index is 5.97. The first kappa shape index (κ1) is 15.1. The second kappa shape index (κ2) is 6.99. The van der Waals surface area contributed by atoms with Gasteiger partial charge in [-0.15, -0.1) is 0 Å². The van der Waals surface area contributed by atoms with E-state index in [0.29, 0.717) is 0 Å². The fraction of sp³-hybridized carbons (Fsp3) is 0.647. The van der Waals surface area contributed by atoms with Gasteiger partial charge in [-0.2, -0.15) is 0 Å². The average Bonchev–Trinajstić information content (AvgIpc) is 2.56. The van der Waals surface area contributed by atoms with Gasteiger partial charge in [0.05, 0.1) is 51.9 Å². The average molecular weight is 310 g/mol. The van der Waals surface area contributed by atoms with Crippen LogP contribution in [0.25, 0.3) is 0 Å². The molecule has 0 aromatic heterocycles. The van der Waals surface area contributed by atoms with E-state index < -0.39 is 0 Å². The van der Waals surface area contributed by atoms with Gasteiger partial charge in [0.25, 0.3) is 0 Å². The van der Waals surface area contributed by atoms with Crippen molar-refractivity contribution in [3.05, 3.63) is 29.3 Å². The third-order valence-electron chi connectivity index (χ3n) is 5.37. The minimum absolute atomic E-state index is 0.827. The van der Waals surface area contributed by atoms with Crippen LogP contribution < -0.4 is 14.7 Å². The Morgan fingerprint density at radius 3 is 2.24 bits per heavy atom. The first-order valence-electron chi connectivity index (χ1n) is 8.45. The van der Waals surface area contributed by atoms with E-state index in [1.807, 2.05) is 17.0 Å². The van der Waals surface area contributed by atoms with Gasteiger partial charge in [-0.25, -0.2) is 0 Å². The summed E-state index contributed by atoms with van der Waals surface area (Å²) < 4.78 is 0. The first-order valence-corrected chi connectivity index (χ1v) is 8.82. The Labute approximate surface area is 133 Å². The zero-order valence-corrected chi connectivity index (χ0v) is 13.8. The van der Waals surface area contributed by atoms with Gasteiger partial charge in [-0.3, -0.25) is 0 Å². The van der Waals surface area contributed by atoms with E-state index in [1.165, 1.54) is 64.3 Å². The fourth-order valence-corrected chi connectivity index (χ4v) is 4.03. The molecule has 0 spiro atoms. The van der Waals surface area contributed by atoms with Crippen molar-refractivity contribution >= 4 is 17.3 Å². The summed E-state index contributed by atoms with van der Waals surface area (Å²) in [5, 5.41) is 0.827. The molecule has 2 aliphatic heterocycles. The number of anilines is 1. The molecule has 0 bridgehead atoms. The Morgan fingerprint density at radius 1 is 1.05 bits per heavy atom. The highest BCUT2D eigenvalue weighted by Crippen LogP contribution is 2.17. The van der Waals surface area contributed by atoms with Crippen molar-refractivity contribution in [2.75, 3.05) is 50.7 Å². The van der Waals surface area contributed by atoms with E-state index >= 15 is 0 Å². The molecule has 4 heteroatoms. The molecular formula is C17H28ClN3+2. The van der Waals surface area contributed by atoms with Gasteiger partial charge < -0.3 is 14.7 Å². The summed E-state index contributed by atoms with van der Waals surface area (Å²) in [6, 6.07) is 9.21. The lowest BCUT2D eigenvalue weighted by Gasteiger charge is -2.39. The van der Waals surface area contributed by atoms with Crippen molar-refractivity contribution in [2.45, 2.75) is 25.8 Å². The second-order valence-electron chi connectivity index (χ2n) is 6.50. The molecule has 0 atom stereocenters. The van der Waals surface area contributed by atoms with Crippen LogP contribution in [-0.4, -0.2) is 51.9 Å². The van der Waals surface area contributed by atoms with Crippen LogP contribution in [0.15, 0.2) is 24.3 Å². The largest absolute Gasteiger partial charge is 0.360 e. The molecule has 0 amide bonds. The minimum Gasteiger partial charge on any atom is -0.360 e. The van der Waals surface area contributed by atoms with Crippen molar-refractivity contribution < 1.29 is 9.80 Å². The summed E-state index contributed by atoms with van der Waals surface area (Å²) in [5.41, 5.74) is 1.32. The van der Waals surface area contributed by atoms with Crippen LogP contribution in [0.5, 0.6) is 0 Å². The normalized spacial score (nSPS) is 27.8. The molecule has 0 saturated carbocycles. The highest BCUT2D eigenvalue weighted by Gasteiger charge is 2.31. The van der Waals surface area contributed by atoms with Gasteiger partial charge >= 0.3 is 0 Å². The van der Waals surface area contributed by atoms with E-state index in [4.69, 9.17) is 11.6 Å². The highest BCUT2D eigenvalue weighted by atomic mass is 35.5. The number of rotatable bonds is 3. The molecule has 2 heterocycles. The summed E-state index contributed by atoms with van der Waals surface area (Å²) >= 11 is 5.97. The van der Waals surface area contributed by atoms with Crippen molar-refractivity contribution in [3.8, 4) is 0 Å². The number of hydrogen-bond donors (Lipinski definition) is 2. The van der Waals surface area contributed by atoms with Crippen LogP contribution >= 0.6 is 11.6 Å². The number of quaternary nitrogens is 2. The molecule has 3 nitrogen and oxygen atoms in total. The quantitative estimate of drug-likeness (QED) is 0.808. The Morgan fingerprint density at radius 2 is 1.67 bits per heavy atom. The first-order chi connectivity index (χ1) is 10.3. The lowest BCUT2D eigenvalue weighted by Crippen LogP contribution is -3.22. The zero-order chi connectivity index (χ0) is 14.7. The number of piperidine rings is 1. The Balaban J connectivity index is 1.50. The number of nitrogens with one attached hydrogen (secondary N) is 2. The van der Waals surface area contributed by atoms with Gasteiger partial charge in [-0.1, -0.05) is 11.6 Å². The number of piperazine rings is 1. The molecule has 2 aliphatic rings. The summed E-state index contributed by atoms with van der Waals surface area (Å²) in [6.07, 6.45) is 2.83. The van der Waals surface area contributed by atoms with E-state index in [1.54, 1.807) is 4.90 Å². The third kappa shape index (κ3) is 3.71. The predicted octanol–water partition coefficient (Wildman–Crippen LogP) is 0.112. The molecular weight excluding hydrogens is 282 g/mol. The van der Waals surface area contributed by atoms with Gasteiger partial charge in [0.1, 0.15) is 0 Å². The van der Waals surface area contributed by atoms with Gasteiger partial charge in [0.15, 0.2) is 0 Å². The third-order valence-corrected chi connectivity index (χ3v) is 5.62. The van der Waals surface area contributed by atoms with Crippen LogP contribution in [0.3, 0.4) is 0 Å². The molecule has 0 aliphatic carbocycles. The van der Waals surface area contributed by atoms with Crippen LogP contribution in [0.4, 0.5) is 5.69 Å². The van der Waals surface area contributed by atoms with Crippen LogP contribution in [-0.2, 0) is 0 Å². The van der Waals surface area contributed by atoms with Gasteiger partial charge in [0.2, 0.25) is 0 Å². The standard InChI is InChI=1S/C17H26ClN3/c1-2-19-9-7-17(8-10-19)21-13-11-20(12-14-21)16-5-3-15(18)4-6-16/h3-6,17H,2,7-14H2,1H3/p+2. The van der Waals surface area contributed by atoms with Crippen molar-refractivity contribution in [1.82, 2.24) is 0 Å². The molecule has 0 radical (unpaired) electrons. The van der Waals surface area contributed by atoms with Gasteiger partial charge in [0, 0.05) is 23.6 Å². The summed E-state index contributed by atoms with van der Waals surface area (Å²) in [5.74, 6) is 0. The van der Waals surface area contributed by atoms with Crippen LogP contribution in [0, 0.1) is 0 Å². The van der Waals surface area contributed by atoms with E-state index in [2.05, 4.69) is 24.0 Å². The smallest absolute Gasteiger partial charge is 0.0984 e. The molecule has 0 unspecified atom stereocenters. The van der Waals surface area contributed by atoms with Crippen molar-refractivity contribution in [2.24, 2.45) is 0 Å². The lowest BCUT2D eigenvalue weighted by atomic mass is 10.0. The Bertz CT molecular complexity index is 432. The molecule has 2 N–H and O–H groups in total. The lowest BCUT2D eigenvalue weighted by molar-refractivity contribution is -0.957. The monoisotopic (exact) mass is 309 g/mol. The maximum Gasteiger partial charge on any atom is 0.0984 e. The number of likely N-dealkylation sites (tertiary alicyclic amines) is 1. The summed E-state index contributed by atoms with van der Waals surface area (Å²) in [4.78, 5) is 6.15. The SMILES string of the molecule is CC[NH+]1CCC([NH+]2CCN(c3ccc(Cl)cc3)CC2)CC1. The van der Waals surface area contributed by atoms with E-state index in [9.17, 15) is 0 Å². The fourth-order valence-electron chi connectivity index (χ4n) is 3.90. The molecule has 2 saturated heterocycles. The van der Waals surface area contributed by atoms with Crippen LogP contribution in [0.1, 0.15) is 19.8 Å². The van der Waals surface area contributed by atoms with Crippen LogP contribution in [0.2, 0.25) is 5.02 Å². The van der Waals surface area contributed by atoms with Crippen molar-refractivity contribution in [3.63, 3.8) is 0 Å². The minimum atomic E-state index is 0.827. The zero-order valence-electron chi connectivity index (χ0n) is 13.1.